The predicted octanol–water partition coefficient (Wildman–Crippen LogP) is 4.14. The van der Waals surface area contributed by atoms with E-state index in [1.54, 1.807) is 6.20 Å². The van der Waals surface area contributed by atoms with E-state index in [9.17, 15) is 0 Å². The van der Waals surface area contributed by atoms with E-state index >= 15 is 0 Å². The maximum atomic E-state index is 5.68. The fraction of sp³-hybridized carbons (Fsp3) is 0.429. The smallest absolute Gasteiger partial charge is 0.213 e. The Kier molecular flexibility index (Phi) is 11.3. The minimum atomic E-state index is 0. The number of nitrogens with one attached hydrogen (secondary N) is 2. The van der Waals surface area contributed by atoms with Gasteiger partial charge < -0.3 is 20.1 Å². The first-order chi connectivity index (χ1) is 13.1. The fourth-order valence-electron chi connectivity index (χ4n) is 2.45. The molecule has 0 unspecified atom stereocenters. The van der Waals surface area contributed by atoms with Gasteiger partial charge in [-0.25, -0.2) is 9.98 Å². The molecule has 2 rings (SSSR count). The predicted molar refractivity (Wildman–Crippen MR) is 125 cm³/mol. The normalized spacial score (nSPS) is 11.0. The molecule has 0 saturated heterocycles. The van der Waals surface area contributed by atoms with Crippen LogP contribution < -0.4 is 20.1 Å². The van der Waals surface area contributed by atoms with Crippen molar-refractivity contribution in [3.8, 4) is 11.6 Å². The van der Waals surface area contributed by atoms with Gasteiger partial charge in [0.15, 0.2) is 5.96 Å². The highest BCUT2D eigenvalue weighted by Gasteiger charge is 2.04. The molecule has 28 heavy (non-hydrogen) atoms. The average Bonchev–Trinajstić information content (AvgIpc) is 2.66. The maximum Gasteiger partial charge on any atom is 0.213 e. The summed E-state index contributed by atoms with van der Waals surface area (Å²) in [4.78, 5) is 8.96. The summed E-state index contributed by atoms with van der Waals surface area (Å²) in [6.07, 6.45) is 1.92. The van der Waals surface area contributed by atoms with E-state index < -0.39 is 0 Å². The largest absolute Gasteiger partial charge is 0.494 e. The topological polar surface area (TPSA) is 67.8 Å². The van der Waals surface area contributed by atoms with E-state index in [0.29, 0.717) is 25.6 Å². The Bertz CT molecular complexity index is 721. The summed E-state index contributed by atoms with van der Waals surface area (Å²) in [6.45, 7) is 10.6. The Labute approximate surface area is 185 Å². The lowest BCUT2D eigenvalue weighted by molar-refractivity contribution is 0.232. The van der Waals surface area contributed by atoms with Crippen molar-refractivity contribution in [2.45, 2.75) is 46.9 Å². The molecule has 6 nitrogen and oxygen atoms in total. The van der Waals surface area contributed by atoms with E-state index in [2.05, 4.69) is 26.7 Å². The van der Waals surface area contributed by atoms with Crippen molar-refractivity contribution in [1.29, 1.82) is 0 Å². The second-order valence-corrected chi connectivity index (χ2v) is 6.26. The van der Waals surface area contributed by atoms with Gasteiger partial charge in [0.05, 0.1) is 19.3 Å². The van der Waals surface area contributed by atoms with Crippen LogP contribution in [-0.4, -0.2) is 30.2 Å². The van der Waals surface area contributed by atoms with E-state index in [1.165, 1.54) is 0 Å². The lowest BCUT2D eigenvalue weighted by atomic mass is 10.2. The number of halogens is 1. The number of guanidine groups is 1. The highest BCUT2D eigenvalue weighted by atomic mass is 127. The number of ether oxygens (including phenoxy) is 2. The molecule has 1 aromatic heterocycles. The zero-order chi connectivity index (χ0) is 19.5. The van der Waals surface area contributed by atoms with Gasteiger partial charge in [-0.1, -0.05) is 24.3 Å². The van der Waals surface area contributed by atoms with Gasteiger partial charge in [-0.05, 0) is 39.3 Å². The molecule has 0 radical (unpaired) electrons. The molecule has 2 N–H and O–H groups in total. The Balaban J connectivity index is 0.00000392. The highest BCUT2D eigenvalue weighted by Crippen LogP contribution is 2.17. The third kappa shape index (κ3) is 8.33. The molecule has 0 bridgehead atoms. The summed E-state index contributed by atoms with van der Waals surface area (Å²) in [6, 6.07) is 11.9. The summed E-state index contributed by atoms with van der Waals surface area (Å²) in [7, 11) is 0. The third-order valence-electron chi connectivity index (χ3n) is 3.64. The Morgan fingerprint density at radius 3 is 2.54 bits per heavy atom. The Morgan fingerprint density at radius 2 is 1.89 bits per heavy atom. The van der Waals surface area contributed by atoms with Crippen molar-refractivity contribution in [3.05, 3.63) is 53.7 Å². The Hall–Kier alpha value is -2.03. The minimum absolute atomic E-state index is 0. The van der Waals surface area contributed by atoms with Gasteiger partial charge >= 0.3 is 0 Å². The van der Waals surface area contributed by atoms with Crippen LogP contribution >= 0.6 is 24.0 Å². The molecule has 1 heterocycles. The van der Waals surface area contributed by atoms with Crippen molar-refractivity contribution in [2.24, 2.45) is 4.99 Å². The van der Waals surface area contributed by atoms with Crippen molar-refractivity contribution in [3.63, 3.8) is 0 Å². The van der Waals surface area contributed by atoms with Crippen LogP contribution in [0.25, 0.3) is 0 Å². The second-order valence-electron chi connectivity index (χ2n) is 6.26. The Morgan fingerprint density at radius 1 is 1.11 bits per heavy atom. The number of para-hydroxylation sites is 1. The van der Waals surface area contributed by atoms with Gasteiger partial charge in [0.2, 0.25) is 5.88 Å². The van der Waals surface area contributed by atoms with Crippen LogP contribution in [0.2, 0.25) is 0 Å². The van der Waals surface area contributed by atoms with Gasteiger partial charge in [-0.15, -0.1) is 24.0 Å². The van der Waals surface area contributed by atoms with Gasteiger partial charge in [-0.3, -0.25) is 0 Å². The van der Waals surface area contributed by atoms with Gasteiger partial charge in [0, 0.05) is 30.9 Å². The molecule has 0 aliphatic carbocycles. The standard InChI is InChI=1S/C21H30N4O2.HI/c1-5-22-21(25-15-18-9-7-8-10-19(18)26-6-2)24-14-17-11-12-20(23-13-17)27-16(3)4;/h7-13,16H,5-6,14-15H2,1-4H3,(H2,22,24,25);1H. The lowest BCUT2D eigenvalue weighted by Gasteiger charge is -2.14. The maximum absolute atomic E-state index is 5.68. The number of hydrogen-bond donors (Lipinski definition) is 2. The summed E-state index contributed by atoms with van der Waals surface area (Å²) in [5.74, 6) is 2.29. The van der Waals surface area contributed by atoms with Gasteiger partial charge in [0.1, 0.15) is 5.75 Å². The summed E-state index contributed by atoms with van der Waals surface area (Å²) < 4.78 is 11.2. The van der Waals surface area contributed by atoms with Crippen LogP contribution in [0, 0.1) is 0 Å². The third-order valence-corrected chi connectivity index (χ3v) is 3.64. The molecular formula is C21H31IN4O2. The van der Waals surface area contributed by atoms with Crippen LogP contribution in [0.5, 0.6) is 11.6 Å². The number of hydrogen-bond acceptors (Lipinski definition) is 4. The zero-order valence-corrected chi connectivity index (χ0v) is 19.4. The van der Waals surface area contributed by atoms with Crippen LogP contribution in [0.4, 0.5) is 0 Å². The van der Waals surface area contributed by atoms with Crippen molar-refractivity contribution >= 4 is 29.9 Å². The molecule has 1 aromatic carbocycles. The first kappa shape index (κ1) is 24.0. The van der Waals surface area contributed by atoms with Gasteiger partial charge in [0.25, 0.3) is 0 Å². The number of rotatable bonds is 9. The monoisotopic (exact) mass is 498 g/mol. The van der Waals surface area contributed by atoms with E-state index in [1.807, 2.05) is 58.0 Å². The number of aromatic nitrogens is 1. The SMILES string of the molecule is CCNC(=NCc1ccc(OC(C)C)nc1)NCc1ccccc1OCC.I. The molecular weight excluding hydrogens is 467 g/mol. The summed E-state index contributed by atoms with van der Waals surface area (Å²) >= 11 is 0. The molecule has 0 aliphatic rings. The first-order valence-corrected chi connectivity index (χ1v) is 9.46. The molecule has 154 valence electrons. The molecule has 0 spiro atoms. The van der Waals surface area contributed by atoms with Crippen LogP contribution in [0.3, 0.4) is 0 Å². The molecule has 0 aliphatic heterocycles. The second kappa shape index (κ2) is 13.2. The van der Waals surface area contributed by atoms with Crippen molar-refractivity contribution < 1.29 is 9.47 Å². The van der Waals surface area contributed by atoms with E-state index in [-0.39, 0.29) is 30.1 Å². The number of nitrogens with zero attached hydrogens (tertiary/aromatic N) is 2. The molecule has 0 fully saturated rings. The van der Waals surface area contributed by atoms with E-state index in [0.717, 1.165) is 29.4 Å². The highest BCUT2D eigenvalue weighted by molar-refractivity contribution is 14.0. The van der Waals surface area contributed by atoms with Crippen LogP contribution in [0.1, 0.15) is 38.8 Å². The number of benzene rings is 1. The quantitative estimate of drug-likeness (QED) is 0.309. The molecule has 0 saturated carbocycles. The van der Waals surface area contributed by atoms with Crippen LogP contribution in [-0.2, 0) is 13.1 Å². The summed E-state index contributed by atoms with van der Waals surface area (Å²) in [5.41, 5.74) is 2.12. The number of aliphatic imine (C=N–C) groups is 1. The molecule has 2 aromatic rings. The number of pyridine rings is 1. The lowest BCUT2D eigenvalue weighted by Crippen LogP contribution is -2.36. The van der Waals surface area contributed by atoms with Crippen molar-refractivity contribution in [2.75, 3.05) is 13.2 Å². The molecule has 7 heteroatoms. The van der Waals surface area contributed by atoms with Gasteiger partial charge in [-0.2, -0.15) is 0 Å². The van der Waals surface area contributed by atoms with E-state index in [4.69, 9.17) is 9.47 Å². The summed E-state index contributed by atoms with van der Waals surface area (Å²) in [5, 5.41) is 6.62. The fourth-order valence-corrected chi connectivity index (χ4v) is 2.45. The average molecular weight is 498 g/mol. The first-order valence-electron chi connectivity index (χ1n) is 9.46. The van der Waals surface area contributed by atoms with Crippen LogP contribution in [0.15, 0.2) is 47.6 Å². The van der Waals surface area contributed by atoms with Crippen molar-refractivity contribution in [1.82, 2.24) is 15.6 Å². The minimum Gasteiger partial charge on any atom is -0.494 e. The molecule has 0 atom stereocenters. The zero-order valence-electron chi connectivity index (χ0n) is 17.1. The molecule has 0 amide bonds.